The monoisotopic (exact) mass is 271 g/mol. The average molecular weight is 271 g/mol. The van der Waals surface area contributed by atoms with E-state index in [-0.39, 0.29) is 11.0 Å². The van der Waals surface area contributed by atoms with Crippen molar-refractivity contribution in [3.63, 3.8) is 0 Å². The minimum Gasteiger partial charge on any atom is -0.376 e. The summed E-state index contributed by atoms with van der Waals surface area (Å²) >= 11 is 4.95. The van der Waals surface area contributed by atoms with Crippen LogP contribution in [0.2, 0.25) is 0 Å². The van der Waals surface area contributed by atoms with Crippen LogP contribution in [-0.2, 0) is 6.54 Å². The maximum Gasteiger partial charge on any atom is 0.260 e. The fraction of sp³-hybridized carbons (Fsp3) is 0.0714. The molecule has 0 spiro atoms. The van der Waals surface area contributed by atoms with Crippen LogP contribution in [-0.4, -0.2) is 20.9 Å². The molecule has 19 heavy (non-hydrogen) atoms. The lowest BCUT2D eigenvalue weighted by Crippen LogP contribution is -2.39. The minimum absolute atomic E-state index is 0.0534. The van der Waals surface area contributed by atoms with E-state index < -0.39 is 0 Å². The first-order valence-electron chi connectivity index (χ1n) is 5.74. The highest BCUT2D eigenvalue weighted by Crippen LogP contribution is 2.09. The lowest BCUT2D eigenvalue weighted by atomic mass is 10.2. The van der Waals surface area contributed by atoms with Crippen molar-refractivity contribution in [2.24, 2.45) is 5.73 Å². The molecule has 2 rings (SSSR count). The highest BCUT2D eigenvalue weighted by molar-refractivity contribution is 7.80. The number of thiocarbonyl (C=S) groups is 1. The Morgan fingerprint density at radius 2 is 1.95 bits per heavy atom. The van der Waals surface area contributed by atoms with Crippen molar-refractivity contribution < 1.29 is 4.79 Å². The van der Waals surface area contributed by atoms with Crippen LogP contribution < -0.4 is 5.73 Å². The van der Waals surface area contributed by atoms with Crippen LogP contribution in [0.25, 0.3) is 0 Å². The molecule has 0 atom stereocenters. The molecule has 2 aromatic rings. The first-order valence-corrected chi connectivity index (χ1v) is 6.14. The molecule has 2 N–H and O–H groups in total. The highest BCUT2D eigenvalue weighted by atomic mass is 32.1. The minimum atomic E-state index is -0.211. The Labute approximate surface area is 116 Å². The number of pyridine rings is 1. The highest BCUT2D eigenvalue weighted by Gasteiger charge is 2.18. The molecule has 0 saturated heterocycles. The van der Waals surface area contributed by atoms with Crippen molar-refractivity contribution in [1.29, 1.82) is 0 Å². The lowest BCUT2D eigenvalue weighted by Gasteiger charge is -2.20. The van der Waals surface area contributed by atoms with Crippen molar-refractivity contribution >= 4 is 23.2 Å². The fourth-order valence-electron chi connectivity index (χ4n) is 1.66. The molecule has 96 valence electrons. The molecule has 0 aliphatic heterocycles. The van der Waals surface area contributed by atoms with Crippen molar-refractivity contribution in [3.05, 3.63) is 66.0 Å². The van der Waals surface area contributed by atoms with E-state index in [0.717, 1.165) is 5.56 Å². The van der Waals surface area contributed by atoms with E-state index >= 15 is 0 Å². The van der Waals surface area contributed by atoms with E-state index in [4.69, 9.17) is 18.0 Å². The van der Waals surface area contributed by atoms with Gasteiger partial charge in [0.2, 0.25) is 0 Å². The molecular formula is C14H13N3OS. The smallest absolute Gasteiger partial charge is 0.260 e. The first-order chi connectivity index (χ1) is 9.18. The Kier molecular flexibility index (Phi) is 4.20. The second-order valence-electron chi connectivity index (χ2n) is 3.96. The summed E-state index contributed by atoms with van der Waals surface area (Å²) in [5.41, 5.74) is 7.07. The van der Waals surface area contributed by atoms with Crippen LogP contribution in [0.3, 0.4) is 0 Å². The zero-order valence-corrected chi connectivity index (χ0v) is 11.0. The summed E-state index contributed by atoms with van der Waals surface area (Å²) in [6.45, 7) is 0.316. The van der Waals surface area contributed by atoms with E-state index in [9.17, 15) is 4.79 Å². The summed E-state index contributed by atoms with van der Waals surface area (Å²) < 4.78 is 0. The van der Waals surface area contributed by atoms with Gasteiger partial charge in [-0.25, -0.2) is 0 Å². The molecule has 4 nitrogen and oxygen atoms in total. The van der Waals surface area contributed by atoms with E-state index in [2.05, 4.69) is 4.98 Å². The molecule has 0 bridgehead atoms. The van der Waals surface area contributed by atoms with E-state index in [0.29, 0.717) is 12.1 Å². The Balaban J connectivity index is 2.22. The van der Waals surface area contributed by atoms with Gasteiger partial charge in [-0.05, 0) is 36.0 Å². The van der Waals surface area contributed by atoms with Gasteiger partial charge in [-0.15, -0.1) is 0 Å². The molecule has 0 saturated carbocycles. The predicted molar refractivity (Wildman–Crippen MR) is 77.3 cm³/mol. The third kappa shape index (κ3) is 3.35. The number of carbonyl (C=O) groups is 1. The second-order valence-corrected chi connectivity index (χ2v) is 4.38. The number of nitrogens with zero attached hydrogens (tertiary/aromatic N) is 2. The molecular weight excluding hydrogens is 258 g/mol. The van der Waals surface area contributed by atoms with Crippen LogP contribution in [0.15, 0.2) is 54.9 Å². The fourth-order valence-corrected chi connectivity index (χ4v) is 1.81. The molecule has 0 unspecified atom stereocenters. The van der Waals surface area contributed by atoms with Crippen molar-refractivity contribution in [3.8, 4) is 0 Å². The predicted octanol–water partition coefficient (Wildman–Crippen LogP) is 1.97. The van der Waals surface area contributed by atoms with Gasteiger partial charge in [-0.3, -0.25) is 14.7 Å². The van der Waals surface area contributed by atoms with Crippen LogP contribution >= 0.6 is 12.2 Å². The number of hydrogen-bond acceptors (Lipinski definition) is 3. The molecule has 1 aromatic carbocycles. The van der Waals surface area contributed by atoms with E-state index in [1.54, 1.807) is 42.7 Å². The Morgan fingerprint density at radius 3 is 2.53 bits per heavy atom. The van der Waals surface area contributed by atoms with Gasteiger partial charge in [0.1, 0.15) is 0 Å². The molecule has 0 aliphatic carbocycles. The molecule has 1 aromatic heterocycles. The Morgan fingerprint density at radius 1 is 1.21 bits per heavy atom. The van der Waals surface area contributed by atoms with Crippen molar-refractivity contribution in [2.75, 3.05) is 0 Å². The number of amides is 1. The summed E-state index contributed by atoms with van der Waals surface area (Å²) in [4.78, 5) is 17.7. The van der Waals surface area contributed by atoms with Crippen molar-refractivity contribution in [2.45, 2.75) is 6.54 Å². The van der Waals surface area contributed by atoms with Crippen molar-refractivity contribution in [1.82, 2.24) is 9.88 Å². The number of carbonyl (C=O) groups excluding carboxylic acids is 1. The summed E-state index contributed by atoms with van der Waals surface area (Å²) in [5.74, 6) is -0.211. The maximum atomic E-state index is 12.3. The van der Waals surface area contributed by atoms with Gasteiger partial charge >= 0.3 is 0 Å². The largest absolute Gasteiger partial charge is 0.376 e. The molecule has 0 radical (unpaired) electrons. The summed E-state index contributed by atoms with van der Waals surface area (Å²) in [7, 11) is 0. The third-order valence-electron chi connectivity index (χ3n) is 2.60. The number of aromatic nitrogens is 1. The van der Waals surface area contributed by atoms with E-state index in [1.807, 2.05) is 12.1 Å². The van der Waals surface area contributed by atoms with Gasteiger partial charge in [-0.2, -0.15) is 0 Å². The quantitative estimate of drug-likeness (QED) is 0.867. The average Bonchev–Trinajstić information content (AvgIpc) is 2.46. The summed E-state index contributed by atoms with van der Waals surface area (Å²) in [6, 6.07) is 12.6. The topological polar surface area (TPSA) is 59.2 Å². The van der Waals surface area contributed by atoms with Crippen LogP contribution in [0.4, 0.5) is 0 Å². The summed E-state index contributed by atoms with van der Waals surface area (Å²) in [5, 5.41) is 0.0534. The van der Waals surface area contributed by atoms with Gasteiger partial charge in [0.05, 0.1) is 6.54 Å². The van der Waals surface area contributed by atoms with Crippen LogP contribution in [0.1, 0.15) is 15.9 Å². The van der Waals surface area contributed by atoms with Gasteiger partial charge in [-0.1, -0.05) is 24.3 Å². The zero-order chi connectivity index (χ0) is 13.7. The molecule has 5 heteroatoms. The number of rotatable bonds is 3. The van der Waals surface area contributed by atoms with Crippen LogP contribution in [0, 0.1) is 0 Å². The summed E-state index contributed by atoms with van der Waals surface area (Å²) in [6.07, 6.45) is 3.36. The number of hydrogen-bond donors (Lipinski definition) is 1. The van der Waals surface area contributed by atoms with Gasteiger partial charge < -0.3 is 5.73 Å². The van der Waals surface area contributed by atoms with Gasteiger partial charge in [0.15, 0.2) is 5.11 Å². The zero-order valence-electron chi connectivity index (χ0n) is 10.2. The number of nitrogens with two attached hydrogens (primary N) is 1. The van der Waals surface area contributed by atoms with Crippen LogP contribution in [0.5, 0.6) is 0 Å². The van der Waals surface area contributed by atoms with Gasteiger partial charge in [0, 0.05) is 18.0 Å². The first kappa shape index (κ1) is 13.2. The standard InChI is InChI=1S/C14H13N3OS/c15-14(19)17(10-11-5-4-8-16-9-11)13(18)12-6-2-1-3-7-12/h1-9H,10H2,(H2,15,19). The molecule has 0 aliphatic rings. The molecule has 0 fully saturated rings. The second kappa shape index (κ2) is 6.06. The van der Waals surface area contributed by atoms with Gasteiger partial charge in [0.25, 0.3) is 5.91 Å². The maximum absolute atomic E-state index is 12.3. The Bertz CT molecular complexity index is 572. The van der Waals surface area contributed by atoms with E-state index in [1.165, 1.54) is 4.90 Å². The lowest BCUT2D eigenvalue weighted by molar-refractivity contribution is 0.0841. The SMILES string of the molecule is NC(=S)N(Cc1cccnc1)C(=O)c1ccccc1. The molecule has 1 amide bonds. The normalized spacial score (nSPS) is 9.89. The molecule has 1 heterocycles. The third-order valence-corrected chi connectivity index (χ3v) is 2.82. The number of benzene rings is 1. The Hall–Kier alpha value is -2.27.